The number of benzene rings is 3. The molecule has 0 saturated heterocycles. The summed E-state index contributed by atoms with van der Waals surface area (Å²) >= 11 is 6.17. The minimum atomic E-state index is -0.903. The summed E-state index contributed by atoms with van der Waals surface area (Å²) < 4.78 is 7.42. The fourth-order valence-corrected chi connectivity index (χ4v) is 4.04. The summed E-state index contributed by atoms with van der Waals surface area (Å²) in [6.07, 6.45) is 0.600. The molecule has 0 bridgehead atoms. The summed E-state index contributed by atoms with van der Waals surface area (Å²) in [6.45, 7) is 2.32. The largest absolute Gasteiger partial charge is 0.493 e. The maximum Gasteiger partial charge on any atom is 0.307 e. The number of carbonyl (C=O) groups is 2. The fraction of sp³-hybridized carbons (Fsp3) is 0.154. The normalized spacial score (nSPS) is 10.9. The maximum atomic E-state index is 13.2. The molecule has 0 spiro atoms. The Balaban J connectivity index is 1.50. The zero-order chi connectivity index (χ0) is 22.7. The second-order valence-corrected chi connectivity index (χ2v) is 7.97. The Morgan fingerprint density at radius 2 is 1.69 bits per heavy atom. The van der Waals surface area contributed by atoms with Gasteiger partial charge in [0, 0.05) is 28.1 Å². The van der Waals surface area contributed by atoms with E-state index < -0.39 is 5.97 Å². The molecule has 5 nitrogen and oxygen atoms in total. The lowest BCUT2D eigenvalue weighted by atomic mass is 10.1. The van der Waals surface area contributed by atoms with Crippen LogP contribution in [0.4, 0.5) is 0 Å². The molecule has 32 heavy (non-hydrogen) atoms. The molecule has 0 amide bonds. The maximum absolute atomic E-state index is 13.2. The number of aryl methyl sites for hydroxylation is 1. The van der Waals surface area contributed by atoms with Gasteiger partial charge in [0.25, 0.3) is 5.91 Å². The molecule has 0 aliphatic heterocycles. The highest BCUT2D eigenvalue weighted by Gasteiger charge is 2.17. The molecular weight excluding hydrogens is 426 g/mol. The Bertz CT molecular complexity index is 1290. The zero-order valence-electron chi connectivity index (χ0n) is 17.5. The van der Waals surface area contributed by atoms with Crippen molar-refractivity contribution >= 4 is 34.4 Å². The van der Waals surface area contributed by atoms with Gasteiger partial charge in [0.15, 0.2) is 0 Å². The molecule has 0 fully saturated rings. The van der Waals surface area contributed by atoms with E-state index in [0.29, 0.717) is 35.4 Å². The van der Waals surface area contributed by atoms with Crippen molar-refractivity contribution in [1.29, 1.82) is 0 Å². The molecular formula is C26H22ClNO4. The molecule has 4 aromatic rings. The summed E-state index contributed by atoms with van der Waals surface area (Å²) in [7, 11) is 0. The van der Waals surface area contributed by atoms with Crippen LogP contribution in [-0.2, 0) is 17.6 Å². The highest BCUT2D eigenvalue weighted by atomic mass is 35.5. The van der Waals surface area contributed by atoms with E-state index in [-0.39, 0.29) is 12.3 Å². The fourth-order valence-electron chi connectivity index (χ4n) is 3.81. The molecule has 6 heteroatoms. The molecule has 0 atom stereocenters. The van der Waals surface area contributed by atoms with Crippen LogP contribution in [0.1, 0.15) is 27.2 Å². The molecule has 4 rings (SSSR count). The van der Waals surface area contributed by atoms with Gasteiger partial charge in [-0.25, -0.2) is 0 Å². The van der Waals surface area contributed by atoms with Gasteiger partial charge in [-0.1, -0.05) is 41.9 Å². The average Bonchev–Trinajstić information content (AvgIpc) is 3.11. The summed E-state index contributed by atoms with van der Waals surface area (Å²) in [5.41, 5.74) is 3.69. The Morgan fingerprint density at radius 1 is 0.969 bits per heavy atom. The Hall–Kier alpha value is -3.57. The van der Waals surface area contributed by atoms with E-state index in [4.69, 9.17) is 21.4 Å². The lowest BCUT2D eigenvalue weighted by Crippen LogP contribution is -2.13. The summed E-state index contributed by atoms with van der Waals surface area (Å²) in [4.78, 5) is 24.4. The number of halogens is 1. The van der Waals surface area contributed by atoms with Gasteiger partial charge in [-0.15, -0.1) is 0 Å². The van der Waals surface area contributed by atoms with Gasteiger partial charge in [0.2, 0.25) is 0 Å². The highest BCUT2D eigenvalue weighted by molar-refractivity contribution is 6.31. The van der Waals surface area contributed by atoms with Gasteiger partial charge in [-0.2, -0.15) is 0 Å². The summed E-state index contributed by atoms with van der Waals surface area (Å²) in [5.74, 6) is -0.404. The van der Waals surface area contributed by atoms with Crippen molar-refractivity contribution in [3.8, 4) is 5.75 Å². The SMILES string of the molecule is Cc1cc2c(CC(=O)O)cccc2n1C(=O)c1ccc(OCCc2ccccc2Cl)cc1. The molecule has 0 aliphatic carbocycles. The van der Waals surface area contributed by atoms with E-state index in [1.807, 2.05) is 43.3 Å². The van der Waals surface area contributed by atoms with E-state index in [1.165, 1.54) is 0 Å². The van der Waals surface area contributed by atoms with E-state index in [9.17, 15) is 9.59 Å². The Morgan fingerprint density at radius 3 is 2.41 bits per heavy atom. The van der Waals surface area contributed by atoms with Gasteiger partial charge in [0.05, 0.1) is 18.5 Å². The molecule has 1 N–H and O–H groups in total. The minimum Gasteiger partial charge on any atom is -0.493 e. The molecule has 1 heterocycles. The van der Waals surface area contributed by atoms with Crippen molar-refractivity contribution in [2.45, 2.75) is 19.8 Å². The number of carboxylic acids is 1. The van der Waals surface area contributed by atoms with Crippen molar-refractivity contribution in [3.05, 3.63) is 100 Å². The lowest BCUT2D eigenvalue weighted by molar-refractivity contribution is -0.136. The topological polar surface area (TPSA) is 68.5 Å². The number of aromatic nitrogens is 1. The molecule has 0 unspecified atom stereocenters. The third kappa shape index (κ3) is 4.53. The molecule has 162 valence electrons. The smallest absolute Gasteiger partial charge is 0.307 e. The molecule has 1 aromatic heterocycles. The van der Waals surface area contributed by atoms with Gasteiger partial charge in [-0.05, 0) is 60.5 Å². The van der Waals surface area contributed by atoms with Crippen molar-refractivity contribution in [2.75, 3.05) is 6.61 Å². The van der Waals surface area contributed by atoms with Crippen molar-refractivity contribution < 1.29 is 19.4 Å². The number of fused-ring (bicyclic) bond motifs is 1. The molecule has 0 radical (unpaired) electrons. The van der Waals surface area contributed by atoms with Crippen LogP contribution in [0.2, 0.25) is 5.02 Å². The number of rotatable bonds is 7. The number of carboxylic acid groups (broad SMARTS) is 1. The van der Waals surface area contributed by atoms with Crippen LogP contribution < -0.4 is 4.74 Å². The van der Waals surface area contributed by atoms with Gasteiger partial charge in [-0.3, -0.25) is 14.2 Å². The minimum absolute atomic E-state index is 0.0881. The van der Waals surface area contributed by atoms with Crippen LogP contribution in [0.15, 0.2) is 72.8 Å². The summed E-state index contributed by atoms with van der Waals surface area (Å²) in [6, 6.07) is 21.9. The molecule has 0 saturated carbocycles. The monoisotopic (exact) mass is 447 g/mol. The Labute approximate surface area is 190 Å². The first-order valence-corrected chi connectivity index (χ1v) is 10.6. The number of ether oxygens (including phenoxy) is 1. The quantitative estimate of drug-likeness (QED) is 0.404. The van der Waals surface area contributed by atoms with E-state index >= 15 is 0 Å². The first kappa shape index (κ1) is 21.7. The van der Waals surface area contributed by atoms with Crippen LogP contribution >= 0.6 is 11.6 Å². The predicted molar refractivity (Wildman–Crippen MR) is 125 cm³/mol. The van der Waals surface area contributed by atoms with Crippen LogP contribution in [0.25, 0.3) is 10.9 Å². The van der Waals surface area contributed by atoms with Crippen LogP contribution in [0, 0.1) is 6.92 Å². The van der Waals surface area contributed by atoms with Crippen LogP contribution in [0.3, 0.4) is 0 Å². The van der Waals surface area contributed by atoms with E-state index in [1.54, 1.807) is 41.0 Å². The molecule has 3 aromatic carbocycles. The summed E-state index contributed by atoms with van der Waals surface area (Å²) in [5, 5.41) is 10.7. The van der Waals surface area contributed by atoms with E-state index in [2.05, 4.69) is 0 Å². The number of hydrogen-bond acceptors (Lipinski definition) is 3. The first-order chi connectivity index (χ1) is 15.4. The van der Waals surface area contributed by atoms with Gasteiger partial charge >= 0.3 is 5.97 Å². The van der Waals surface area contributed by atoms with Crippen molar-refractivity contribution in [1.82, 2.24) is 4.57 Å². The predicted octanol–water partition coefficient (Wildman–Crippen LogP) is 5.54. The first-order valence-electron chi connectivity index (χ1n) is 10.3. The number of carbonyl (C=O) groups excluding carboxylic acids is 1. The highest BCUT2D eigenvalue weighted by Crippen LogP contribution is 2.25. The number of aliphatic carboxylic acids is 1. The van der Waals surface area contributed by atoms with Crippen LogP contribution in [0.5, 0.6) is 5.75 Å². The number of hydrogen-bond donors (Lipinski definition) is 1. The number of nitrogens with zero attached hydrogens (tertiary/aromatic N) is 1. The third-order valence-electron chi connectivity index (χ3n) is 5.36. The Kier molecular flexibility index (Phi) is 6.28. The lowest BCUT2D eigenvalue weighted by Gasteiger charge is -2.10. The third-order valence-corrected chi connectivity index (χ3v) is 5.73. The van der Waals surface area contributed by atoms with Gasteiger partial charge in [0.1, 0.15) is 5.75 Å². The van der Waals surface area contributed by atoms with Crippen LogP contribution in [-0.4, -0.2) is 28.2 Å². The van der Waals surface area contributed by atoms with Gasteiger partial charge < -0.3 is 9.84 Å². The van der Waals surface area contributed by atoms with E-state index in [0.717, 1.165) is 21.7 Å². The standard InChI is InChI=1S/C26H22ClNO4/c1-17-15-22-20(16-25(29)30)6-4-8-24(22)28(17)26(31)19-9-11-21(12-10-19)32-14-13-18-5-2-3-7-23(18)27/h2-12,15H,13-14,16H2,1H3,(H,29,30). The average molecular weight is 448 g/mol. The second-order valence-electron chi connectivity index (χ2n) is 7.56. The zero-order valence-corrected chi connectivity index (χ0v) is 18.3. The van der Waals surface area contributed by atoms with Crippen molar-refractivity contribution in [3.63, 3.8) is 0 Å². The molecule has 0 aliphatic rings. The van der Waals surface area contributed by atoms with Crippen molar-refractivity contribution in [2.24, 2.45) is 0 Å². The second kappa shape index (κ2) is 9.28.